The highest BCUT2D eigenvalue weighted by Crippen LogP contribution is 2.38. The largest absolute Gasteiger partial charge is 0.507 e. The first-order chi connectivity index (χ1) is 15.1. The van der Waals surface area contributed by atoms with Crippen LogP contribution in [0.25, 0.3) is 22.1 Å². The number of nitrogens with zero attached hydrogens (tertiary/aromatic N) is 1. The maximum absolute atomic E-state index is 13.2. The summed E-state index contributed by atoms with van der Waals surface area (Å²) in [6.07, 6.45) is 4.37. The molecule has 1 N–H and O–H groups in total. The fraction of sp³-hybridized carbons (Fsp3) is 0.269. The third kappa shape index (κ3) is 4.20. The SMILES string of the molecule is C=CCc1cc2c(-c3ccccc3)c(CN3CCOCC3)c(=O)oc2c(CC=C)c1O. The van der Waals surface area contributed by atoms with Crippen molar-refractivity contribution in [2.45, 2.75) is 19.4 Å². The Morgan fingerprint density at radius 3 is 2.42 bits per heavy atom. The first-order valence-corrected chi connectivity index (χ1v) is 10.5. The van der Waals surface area contributed by atoms with Gasteiger partial charge in [-0.3, -0.25) is 4.90 Å². The van der Waals surface area contributed by atoms with Gasteiger partial charge in [0.05, 0.1) is 18.8 Å². The summed E-state index contributed by atoms with van der Waals surface area (Å²) in [5.41, 5.74) is 3.80. The van der Waals surface area contributed by atoms with Crippen LogP contribution in [0.5, 0.6) is 5.75 Å². The van der Waals surface area contributed by atoms with E-state index in [1.807, 2.05) is 36.4 Å². The Labute approximate surface area is 181 Å². The van der Waals surface area contributed by atoms with E-state index < -0.39 is 0 Å². The number of allylic oxidation sites excluding steroid dienone is 2. The topological polar surface area (TPSA) is 62.9 Å². The molecule has 5 nitrogen and oxygen atoms in total. The van der Waals surface area contributed by atoms with Gasteiger partial charge in [0.25, 0.3) is 0 Å². The third-order valence-electron chi connectivity index (χ3n) is 5.70. The summed E-state index contributed by atoms with van der Waals surface area (Å²) in [7, 11) is 0. The van der Waals surface area contributed by atoms with Gasteiger partial charge in [0.1, 0.15) is 11.3 Å². The first-order valence-electron chi connectivity index (χ1n) is 10.5. The van der Waals surface area contributed by atoms with Crippen molar-refractivity contribution in [1.29, 1.82) is 0 Å². The molecule has 0 bridgehead atoms. The van der Waals surface area contributed by atoms with Crippen molar-refractivity contribution in [2.24, 2.45) is 0 Å². The van der Waals surface area contributed by atoms with Crippen LogP contribution in [-0.4, -0.2) is 36.3 Å². The van der Waals surface area contributed by atoms with Crippen molar-refractivity contribution in [3.8, 4) is 16.9 Å². The Balaban J connectivity index is 2.03. The zero-order valence-electron chi connectivity index (χ0n) is 17.6. The van der Waals surface area contributed by atoms with Gasteiger partial charge in [0.15, 0.2) is 0 Å². The van der Waals surface area contributed by atoms with Gasteiger partial charge in [0, 0.05) is 36.1 Å². The summed E-state index contributed by atoms with van der Waals surface area (Å²) in [6.45, 7) is 11.0. The molecule has 0 aliphatic carbocycles. The van der Waals surface area contributed by atoms with Crippen molar-refractivity contribution in [3.05, 3.63) is 88.8 Å². The molecule has 0 atom stereocenters. The minimum Gasteiger partial charge on any atom is -0.507 e. The lowest BCUT2D eigenvalue weighted by Gasteiger charge is -2.27. The molecular weight excluding hydrogens is 390 g/mol. The van der Waals surface area contributed by atoms with Crippen LogP contribution in [0.1, 0.15) is 16.7 Å². The number of phenolic OH excluding ortho intramolecular Hbond substituents is 1. The second kappa shape index (κ2) is 9.33. The zero-order chi connectivity index (χ0) is 21.8. The van der Waals surface area contributed by atoms with Crippen LogP contribution in [0.3, 0.4) is 0 Å². The molecular formula is C26H27NO4. The predicted octanol–water partition coefficient (Wildman–Crippen LogP) is 4.45. The van der Waals surface area contributed by atoms with E-state index in [-0.39, 0.29) is 11.4 Å². The molecule has 0 unspecified atom stereocenters. The van der Waals surface area contributed by atoms with Gasteiger partial charge in [-0.25, -0.2) is 4.79 Å². The molecule has 0 spiro atoms. The number of rotatable bonds is 7. The molecule has 2 aromatic carbocycles. The number of hydrogen-bond acceptors (Lipinski definition) is 5. The normalized spacial score (nSPS) is 14.6. The van der Waals surface area contributed by atoms with Gasteiger partial charge in [-0.05, 0) is 30.0 Å². The summed E-state index contributed by atoms with van der Waals surface area (Å²) in [6, 6.07) is 11.8. The molecule has 1 fully saturated rings. The molecule has 5 heteroatoms. The molecule has 2 heterocycles. The quantitative estimate of drug-likeness (QED) is 0.454. The fourth-order valence-electron chi connectivity index (χ4n) is 4.20. The third-order valence-corrected chi connectivity index (χ3v) is 5.70. The molecule has 0 radical (unpaired) electrons. The second-order valence-corrected chi connectivity index (χ2v) is 7.72. The Kier molecular flexibility index (Phi) is 6.35. The molecule has 31 heavy (non-hydrogen) atoms. The Morgan fingerprint density at radius 1 is 1.03 bits per heavy atom. The number of phenols is 1. The van der Waals surface area contributed by atoms with E-state index in [2.05, 4.69) is 18.1 Å². The molecule has 1 saturated heterocycles. The molecule has 0 saturated carbocycles. The number of ether oxygens (including phenoxy) is 1. The van der Waals surface area contributed by atoms with Crippen LogP contribution >= 0.6 is 0 Å². The zero-order valence-corrected chi connectivity index (χ0v) is 17.6. The minimum atomic E-state index is -0.376. The highest BCUT2D eigenvalue weighted by molar-refractivity contribution is 5.98. The lowest BCUT2D eigenvalue weighted by atomic mass is 9.92. The monoisotopic (exact) mass is 417 g/mol. The minimum absolute atomic E-state index is 0.135. The first kappa shape index (κ1) is 21.1. The average Bonchev–Trinajstić information content (AvgIpc) is 2.79. The van der Waals surface area contributed by atoms with E-state index in [0.717, 1.165) is 35.2 Å². The van der Waals surface area contributed by atoms with Gasteiger partial charge in [-0.2, -0.15) is 0 Å². The van der Waals surface area contributed by atoms with Gasteiger partial charge < -0.3 is 14.3 Å². The number of fused-ring (bicyclic) bond motifs is 1. The number of aromatic hydroxyl groups is 1. The van der Waals surface area contributed by atoms with E-state index in [0.29, 0.717) is 49.3 Å². The van der Waals surface area contributed by atoms with E-state index >= 15 is 0 Å². The summed E-state index contributed by atoms with van der Waals surface area (Å²) in [5, 5.41) is 11.7. The van der Waals surface area contributed by atoms with Crippen LogP contribution in [0.4, 0.5) is 0 Å². The fourth-order valence-corrected chi connectivity index (χ4v) is 4.20. The highest BCUT2D eigenvalue weighted by Gasteiger charge is 2.23. The standard InChI is InChI=1S/C26H27NO4/c1-3-8-19-16-21-23(18-10-6-5-7-11-18)22(17-27-12-14-30-15-13-27)26(29)31-25(21)20(9-4-2)24(19)28/h3-7,10-11,16,28H,1-2,8-9,12-15,17H2. The smallest absolute Gasteiger partial charge is 0.341 e. The average molecular weight is 418 g/mol. The van der Waals surface area contributed by atoms with Gasteiger partial charge in [-0.15, -0.1) is 13.2 Å². The highest BCUT2D eigenvalue weighted by atomic mass is 16.5. The van der Waals surface area contributed by atoms with Gasteiger partial charge in [-0.1, -0.05) is 42.5 Å². The van der Waals surface area contributed by atoms with Crippen molar-refractivity contribution in [1.82, 2.24) is 4.90 Å². The molecule has 0 amide bonds. The van der Waals surface area contributed by atoms with Gasteiger partial charge >= 0.3 is 5.63 Å². The summed E-state index contributed by atoms with van der Waals surface area (Å²) in [4.78, 5) is 15.4. The van der Waals surface area contributed by atoms with Crippen molar-refractivity contribution in [3.63, 3.8) is 0 Å². The molecule has 160 valence electrons. The number of hydrogen-bond donors (Lipinski definition) is 1. The van der Waals surface area contributed by atoms with Crippen LogP contribution < -0.4 is 5.63 Å². The van der Waals surface area contributed by atoms with E-state index in [1.54, 1.807) is 12.2 Å². The van der Waals surface area contributed by atoms with E-state index in [1.165, 1.54) is 0 Å². The number of benzene rings is 2. The molecule has 1 aliphatic rings. The van der Waals surface area contributed by atoms with Gasteiger partial charge in [0.2, 0.25) is 0 Å². The molecule has 1 aromatic heterocycles. The molecule has 3 aromatic rings. The number of morpholine rings is 1. The Hall–Kier alpha value is -3.15. The van der Waals surface area contributed by atoms with Crippen LogP contribution in [-0.2, 0) is 24.1 Å². The van der Waals surface area contributed by atoms with E-state index in [4.69, 9.17) is 9.15 Å². The maximum atomic E-state index is 13.2. The Morgan fingerprint density at radius 2 is 1.74 bits per heavy atom. The Bertz CT molecular complexity index is 1160. The summed E-state index contributed by atoms with van der Waals surface area (Å²) >= 11 is 0. The van der Waals surface area contributed by atoms with Crippen molar-refractivity contribution in [2.75, 3.05) is 26.3 Å². The predicted molar refractivity (Wildman–Crippen MR) is 123 cm³/mol. The van der Waals surface area contributed by atoms with Crippen molar-refractivity contribution < 1.29 is 14.3 Å². The second-order valence-electron chi connectivity index (χ2n) is 7.72. The maximum Gasteiger partial charge on any atom is 0.341 e. The summed E-state index contributed by atoms with van der Waals surface area (Å²) < 4.78 is 11.3. The van der Waals surface area contributed by atoms with Crippen LogP contribution in [0.2, 0.25) is 0 Å². The lowest BCUT2D eigenvalue weighted by Crippen LogP contribution is -2.37. The lowest BCUT2D eigenvalue weighted by molar-refractivity contribution is 0.0338. The van der Waals surface area contributed by atoms with E-state index in [9.17, 15) is 9.90 Å². The van der Waals surface area contributed by atoms with Crippen LogP contribution in [0, 0.1) is 0 Å². The van der Waals surface area contributed by atoms with Crippen LogP contribution in [0.15, 0.2) is 70.9 Å². The molecule has 4 rings (SSSR count). The summed E-state index contributed by atoms with van der Waals surface area (Å²) in [5.74, 6) is 0.135. The molecule has 1 aliphatic heterocycles. The van der Waals surface area contributed by atoms with Crippen molar-refractivity contribution >= 4 is 11.0 Å².